The molecular weight excluding hydrogens is 433 g/mol. The molecule has 7 nitrogen and oxygen atoms in total. The van der Waals surface area contributed by atoms with Crippen LogP contribution in [0, 0.1) is 12.7 Å². The number of rotatable bonds is 4. The molecule has 1 spiro atoms. The van der Waals surface area contributed by atoms with E-state index in [-0.39, 0.29) is 17.2 Å². The van der Waals surface area contributed by atoms with E-state index in [1.165, 1.54) is 13.2 Å². The monoisotopic (exact) mass is 461 g/mol. The van der Waals surface area contributed by atoms with Crippen LogP contribution in [0.1, 0.15) is 42.5 Å². The van der Waals surface area contributed by atoms with Gasteiger partial charge < -0.3 is 15.0 Å². The first-order valence-electron chi connectivity index (χ1n) is 11.6. The topological polar surface area (TPSA) is 80.2 Å². The van der Waals surface area contributed by atoms with Gasteiger partial charge in [0.15, 0.2) is 17.4 Å². The van der Waals surface area contributed by atoms with Gasteiger partial charge in [0.25, 0.3) is 0 Å². The Labute approximate surface area is 198 Å². The maximum Gasteiger partial charge on any atom is 0.229 e. The lowest BCUT2D eigenvalue weighted by Crippen LogP contribution is -2.46. The molecule has 1 saturated heterocycles. The van der Waals surface area contributed by atoms with E-state index in [4.69, 9.17) is 9.72 Å². The Kier molecular flexibility index (Phi) is 5.67. The lowest BCUT2D eigenvalue weighted by atomic mass is 9.86. The third-order valence-corrected chi connectivity index (χ3v) is 7.07. The number of hydrogen-bond acceptors (Lipinski definition) is 6. The van der Waals surface area contributed by atoms with E-state index >= 15 is 0 Å². The molecule has 176 valence electrons. The van der Waals surface area contributed by atoms with Crippen molar-refractivity contribution in [2.24, 2.45) is 0 Å². The molecule has 2 aliphatic rings. The van der Waals surface area contributed by atoms with Crippen LogP contribution in [0.15, 0.2) is 42.7 Å². The first-order chi connectivity index (χ1) is 16.4. The predicted molar refractivity (Wildman–Crippen MR) is 127 cm³/mol. The highest BCUT2D eigenvalue weighted by molar-refractivity contribution is 5.84. The zero-order chi connectivity index (χ0) is 23.9. The van der Waals surface area contributed by atoms with E-state index < -0.39 is 11.7 Å². The molecular formula is C26H28FN5O2. The van der Waals surface area contributed by atoms with Crippen LogP contribution in [0.25, 0.3) is 11.4 Å². The van der Waals surface area contributed by atoms with Crippen LogP contribution >= 0.6 is 0 Å². The van der Waals surface area contributed by atoms with Crippen LogP contribution < -0.4 is 10.1 Å². The molecule has 1 fully saturated rings. The number of carbonyl (C=O) groups excluding carboxylic acids is 1. The molecule has 4 heterocycles. The summed E-state index contributed by atoms with van der Waals surface area (Å²) in [6.45, 7) is 5.07. The Morgan fingerprint density at radius 2 is 2.03 bits per heavy atom. The molecule has 0 radical (unpaired) electrons. The Balaban J connectivity index is 1.31. The third kappa shape index (κ3) is 3.97. The number of halogens is 1. The van der Waals surface area contributed by atoms with Gasteiger partial charge in [-0.15, -0.1) is 0 Å². The highest BCUT2D eigenvalue weighted by Gasteiger charge is 2.43. The van der Waals surface area contributed by atoms with E-state index in [2.05, 4.69) is 21.4 Å². The molecule has 1 aromatic carbocycles. The van der Waals surface area contributed by atoms with Gasteiger partial charge in [-0.25, -0.2) is 19.3 Å². The number of amides is 1. The van der Waals surface area contributed by atoms with E-state index in [0.29, 0.717) is 24.5 Å². The number of carbonyl (C=O) groups is 1. The van der Waals surface area contributed by atoms with Crippen molar-refractivity contribution in [3.05, 3.63) is 65.4 Å². The SMILES string of the molecule is COc1ccc([C@H](C)C(=O)N2CC[C@@]3(CCc4cc(-c5ncccn5)c(C)nc4N3)C2)cc1F. The number of benzene rings is 1. The lowest BCUT2D eigenvalue weighted by molar-refractivity contribution is -0.131. The van der Waals surface area contributed by atoms with Crippen molar-refractivity contribution >= 4 is 11.7 Å². The maximum atomic E-state index is 14.2. The van der Waals surface area contributed by atoms with Crippen molar-refractivity contribution in [2.75, 3.05) is 25.5 Å². The number of likely N-dealkylation sites (tertiary alicyclic amines) is 1. The highest BCUT2D eigenvalue weighted by atomic mass is 19.1. The number of methoxy groups -OCH3 is 1. The Bertz CT molecular complexity index is 1240. The fourth-order valence-corrected chi connectivity index (χ4v) is 5.03. The molecule has 1 amide bonds. The summed E-state index contributed by atoms with van der Waals surface area (Å²) in [6, 6.07) is 8.65. The average molecular weight is 462 g/mol. The summed E-state index contributed by atoms with van der Waals surface area (Å²) in [5.41, 5.74) is 3.42. The summed E-state index contributed by atoms with van der Waals surface area (Å²) >= 11 is 0. The number of fused-ring (bicyclic) bond motifs is 1. The van der Waals surface area contributed by atoms with Crippen LogP contribution in [0.4, 0.5) is 10.2 Å². The second kappa shape index (κ2) is 8.66. The van der Waals surface area contributed by atoms with Crippen LogP contribution in [0.3, 0.4) is 0 Å². The fourth-order valence-electron chi connectivity index (χ4n) is 5.03. The summed E-state index contributed by atoms with van der Waals surface area (Å²) in [4.78, 5) is 28.7. The van der Waals surface area contributed by atoms with Crippen molar-refractivity contribution < 1.29 is 13.9 Å². The van der Waals surface area contributed by atoms with E-state index in [0.717, 1.165) is 41.9 Å². The summed E-state index contributed by atoms with van der Waals surface area (Å²) in [5, 5.41) is 3.66. The largest absolute Gasteiger partial charge is 0.494 e. The first-order valence-corrected chi connectivity index (χ1v) is 11.6. The summed E-state index contributed by atoms with van der Waals surface area (Å²) in [5.74, 6) is 0.860. The molecule has 2 atom stereocenters. The lowest BCUT2D eigenvalue weighted by Gasteiger charge is -2.36. The van der Waals surface area contributed by atoms with Gasteiger partial charge in [-0.2, -0.15) is 0 Å². The number of anilines is 1. The van der Waals surface area contributed by atoms with Gasteiger partial charge >= 0.3 is 0 Å². The van der Waals surface area contributed by atoms with Gasteiger partial charge in [-0.3, -0.25) is 4.79 Å². The van der Waals surface area contributed by atoms with Gasteiger partial charge in [-0.05, 0) is 68.5 Å². The van der Waals surface area contributed by atoms with Crippen molar-refractivity contribution in [3.63, 3.8) is 0 Å². The van der Waals surface area contributed by atoms with E-state index in [1.54, 1.807) is 30.6 Å². The fraction of sp³-hybridized carbons (Fsp3) is 0.385. The van der Waals surface area contributed by atoms with Crippen LogP contribution in [0.5, 0.6) is 5.75 Å². The molecule has 0 unspecified atom stereocenters. The molecule has 0 saturated carbocycles. The highest BCUT2D eigenvalue weighted by Crippen LogP contribution is 2.38. The minimum Gasteiger partial charge on any atom is -0.494 e. The summed E-state index contributed by atoms with van der Waals surface area (Å²) in [6.07, 6.45) is 6.11. The van der Waals surface area contributed by atoms with Crippen LogP contribution in [0.2, 0.25) is 0 Å². The zero-order valence-corrected chi connectivity index (χ0v) is 19.6. The number of pyridine rings is 1. The van der Waals surface area contributed by atoms with Gasteiger partial charge in [0.2, 0.25) is 5.91 Å². The summed E-state index contributed by atoms with van der Waals surface area (Å²) < 4.78 is 19.2. The minimum atomic E-state index is -0.454. The number of hydrogen-bond donors (Lipinski definition) is 1. The predicted octanol–water partition coefficient (Wildman–Crippen LogP) is 4.13. The van der Waals surface area contributed by atoms with Crippen molar-refractivity contribution in [3.8, 4) is 17.1 Å². The van der Waals surface area contributed by atoms with Crippen molar-refractivity contribution in [1.29, 1.82) is 0 Å². The number of ether oxygens (including phenoxy) is 1. The van der Waals surface area contributed by atoms with Crippen LogP contribution in [-0.2, 0) is 11.2 Å². The molecule has 1 N–H and O–H groups in total. The normalized spacial score (nSPS) is 20.1. The second-order valence-electron chi connectivity index (χ2n) is 9.23. The van der Waals surface area contributed by atoms with Crippen molar-refractivity contribution in [1.82, 2.24) is 19.9 Å². The average Bonchev–Trinajstić information content (AvgIpc) is 3.26. The molecule has 5 rings (SSSR count). The number of aryl methyl sites for hydroxylation is 2. The molecule has 0 aliphatic carbocycles. The summed E-state index contributed by atoms with van der Waals surface area (Å²) in [7, 11) is 1.43. The minimum absolute atomic E-state index is 0.00903. The Morgan fingerprint density at radius 1 is 1.24 bits per heavy atom. The molecule has 2 aliphatic heterocycles. The van der Waals surface area contributed by atoms with E-state index in [9.17, 15) is 9.18 Å². The van der Waals surface area contributed by atoms with Gasteiger partial charge in [0, 0.05) is 31.0 Å². The molecule has 2 aromatic heterocycles. The number of aromatic nitrogens is 3. The smallest absolute Gasteiger partial charge is 0.229 e. The van der Waals surface area contributed by atoms with Crippen LogP contribution in [-0.4, -0.2) is 51.5 Å². The molecule has 8 heteroatoms. The number of nitrogens with zero attached hydrogens (tertiary/aromatic N) is 4. The number of nitrogens with one attached hydrogen (secondary N) is 1. The zero-order valence-electron chi connectivity index (χ0n) is 19.6. The molecule has 34 heavy (non-hydrogen) atoms. The van der Waals surface area contributed by atoms with Crippen molar-refractivity contribution in [2.45, 2.75) is 44.6 Å². The maximum absolute atomic E-state index is 14.2. The molecule has 3 aromatic rings. The first kappa shape index (κ1) is 22.3. The Hall–Kier alpha value is -3.55. The van der Waals surface area contributed by atoms with Gasteiger partial charge in [-0.1, -0.05) is 6.07 Å². The standard InChI is InChI=1S/C26H28FN5O2/c1-16(18-5-6-22(34-3)21(27)14-18)25(33)32-12-9-26(15-32)8-7-19-13-20(17(2)30-23(19)31-26)24-28-10-4-11-29-24/h4-6,10-11,13-14,16H,7-9,12,15H2,1-3H3,(H,30,31)/t16-,26-/m0/s1. The van der Waals surface area contributed by atoms with Gasteiger partial charge in [0.1, 0.15) is 5.82 Å². The third-order valence-electron chi connectivity index (χ3n) is 7.07. The Morgan fingerprint density at radius 3 is 2.76 bits per heavy atom. The second-order valence-corrected chi connectivity index (χ2v) is 9.23. The quantitative estimate of drug-likeness (QED) is 0.629. The van der Waals surface area contributed by atoms with E-state index in [1.807, 2.05) is 18.7 Å². The van der Waals surface area contributed by atoms with Gasteiger partial charge in [0.05, 0.1) is 24.3 Å². The molecule has 0 bridgehead atoms.